The van der Waals surface area contributed by atoms with Crippen molar-refractivity contribution in [2.24, 2.45) is 10.9 Å². The first-order valence-electron chi connectivity index (χ1n) is 11.8. The number of ether oxygens (including phenoxy) is 1. The van der Waals surface area contributed by atoms with Gasteiger partial charge in [0, 0.05) is 25.7 Å². The summed E-state index contributed by atoms with van der Waals surface area (Å²) in [6.45, 7) is 10.1. The van der Waals surface area contributed by atoms with Crippen LogP contribution in [0.3, 0.4) is 0 Å². The van der Waals surface area contributed by atoms with Gasteiger partial charge in [0.1, 0.15) is 5.75 Å². The van der Waals surface area contributed by atoms with Crippen molar-refractivity contribution < 1.29 is 4.74 Å². The number of methoxy groups -OCH3 is 1. The van der Waals surface area contributed by atoms with Crippen LogP contribution in [0, 0.1) is 5.92 Å². The van der Waals surface area contributed by atoms with Crippen molar-refractivity contribution >= 4 is 5.96 Å². The highest BCUT2D eigenvalue weighted by molar-refractivity contribution is 5.79. The van der Waals surface area contributed by atoms with E-state index < -0.39 is 0 Å². The van der Waals surface area contributed by atoms with Gasteiger partial charge in [0.25, 0.3) is 0 Å². The zero-order valence-electron chi connectivity index (χ0n) is 19.2. The van der Waals surface area contributed by atoms with Crippen molar-refractivity contribution in [1.29, 1.82) is 0 Å². The Balaban J connectivity index is 1.53. The summed E-state index contributed by atoms with van der Waals surface area (Å²) in [5, 5.41) is 7.18. The molecule has 6 heteroatoms. The molecule has 2 saturated heterocycles. The predicted octanol–water partition coefficient (Wildman–Crippen LogP) is 3.12. The van der Waals surface area contributed by atoms with Crippen LogP contribution in [0.1, 0.15) is 50.6 Å². The molecule has 30 heavy (non-hydrogen) atoms. The molecule has 0 aromatic heterocycles. The van der Waals surface area contributed by atoms with E-state index >= 15 is 0 Å². The Hall–Kier alpha value is -1.79. The van der Waals surface area contributed by atoms with Crippen LogP contribution in [-0.2, 0) is 0 Å². The van der Waals surface area contributed by atoms with Gasteiger partial charge >= 0.3 is 0 Å². The van der Waals surface area contributed by atoms with Gasteiger partial charge < -0.3 is 20.3 Å². The number of piperidine rings is 1. The number of benzene rings is 1. The highest BCUT2D eigenvalue weighted by atomic mass is 16.5. The molecule has 1 unspecified atom stereocenters. The Bertz CT molecular complexity index is 651. The van der Waals surface area contributed by atoms with Crippen molar-refractivity contribution in [2.75, 3.05) is 60.0 Å². The Kier molecular flexibility index (Phi) is 9.27. The van der Waals surface area contributed by atoms with Gasteiger partial charge in [-0.25, -0.2) is 0 Å². The molecular weight excluding hydrogens is 374 g/mol. The number of hydrogen-bond donors (Lipinski definition) is 2. The molecule has 1 aromatic carbocycles. The minimum Gasteiger partial charge on any atom is -0.496 e. The number of rotatable bonds is 9. The standard InChI is InChI=1S/C24H41N5O/c1-4-13-28-16-11-20(12-17-28)18-26-24(25-2)27-19-22(29-14-7-8-15-29)21-9-5-6-10-23(21)30-3/h5-6,9-10,20,22H,4,7-8,11-19H2,1-3H3,(H2,25,26,27). The van der Waals surface area contributed by atoms with Crippen molar-refractivity contribution in [1.82, 2.24) is 20.4 Å². The second kappa shape index (κ2) is 12.2. The van der Waals surface area contributed by atoms with Crippen molar-refractivity contribution in [3.63, 3.8) is 0 Å². The van der Waals surface area contributed by atoms with E-state index in [2.05, 4.69) is 50.5 Å². The van der Waals surface area contributed by atoms with Crippen LogP contribution in [0.25, 0.3) is 0 Å². The summed E-state index contributed by atoms with van der Waals surface area (Å²) >= 11 is 0. The van der Waals surface area contributed by atoms with E-state index in [4.69, 9.17) is 4.74 Å². The molecule has 1 atom stereocenters. The Morgan fingerprint density at radius 3 is 2.53 bits per heavy atom. The maximum Gasteiger partial charge on any atom is 0.191 e. The third-order valence-corrected chi connectivity index (χ3v) is 6.57. The normalized spacial score (nSPS) is 20.3. The van der Waals surface area contributed by atoms with E-state index in [1.165, 1.54) is 57.3 Å². The lowest BCUT2D eigenvalue weighted by atomic mass is 9.97. The second-order valence-corrected chi connectivity index (χ2v) is 8.62. The SMILES string of the molecule is CCCN1CCC(CNC(=NC)NCC(c2ccccc2OC)N2CCCC2)CC1. The number of nitrogens with one attached hydrogen (secondary N) is 2. The zero-order chi connectivity index (χ0) is 21.2. The minimum absolute atomic E-state index is 0.291. The predicted molar refractivity (Wildman–Crippen MR) is 125 cm³/mol. The highest BCUT2D eigenvalue weighted by Crippen LogP contribution is 2.31. The van der Waals surface area contributed by atoms with Crippen molar-refractivity contribution in [3.8, 4) is 5.75 Å². The summed E-state index contributed by atoms with van der Waals surface area (Å²) in [6, 6.07) is 8.71. The van der Waals surface area contributed by atoms with E-state index in [0.29, 0.717) is 6.04 Å². The lowest BCUT2D eigenvalue weighted by Crippen LogP contribution is -2.45. The third kappa shape index (κ3) is 6.35. The number of para-hydroxylation sites is 1. The van der Waals surface area contributed by atoms with Gasteiger partial charge in [-0.2, -0.15) is 0 Å². The summed E-state index contributed by atoms with van der Waals surface area (Å²) in [7, 11) is 3.63. The van der Waals surface area contributed by atoms with Crippen LogP contribution in [0.2, 0.25) is 0 Å². The molecule has 1 aromatic rings. The van der Waals surface area contributed by atoms with E-state index in [1.807, 2.05) is 13.1 Å². The van der Waals surface area contributed by atoms with Gasteiger partial charge in [0.2, 0.25) is 0 Å². The van der Waals surface area contributed by atoms with Gasteiger partial charge in [-0.05, 0) is 76.8 Å². The monoisotopic (exact) mass is 415 g/mol. The van der Waals surface area contributed by atoms with Gasteiger partial charge in [-0.3, -0.25) is 9.89 Å². The summed E-state index contributed by atoms with van der Waals surface area (Å²) in [4.78, 5) is 9.65. The smallest absolute Gasteiger partial charge is 0.191 e. The molecular formula is C24H41N5O. The molecule has 6 nitrogen and oxygen atoms in total. The first kappa shape index (κ1) is 22.9. The molecule has 0 bridgehead atoms. The maximum atomic E-state index is 5.67. The van der Waals surface area contributed by atoms with Crippen molar-refractivity contribution in [2.45, 2.75) is 45.1 Å². The van der Waals surface area contributed by atoms with Crippen LogP contribution in [-0.4, -0.2) is 75.7 Å². The highest BCUT2D eigenvalue weighted by Gasteiger charge is 2.26. The molecule has 2 fully saturated rings. The van der Waals surface area contributed by atoms with E-state index in [1.54, 1.807) is 7.11 Å². The Labute approximate surface area is 183 Å². The third-order valence-electron chi connectivity index (χ3n) is 6.57. The maximum absolute atomic E-state index is 5.67. The molecule has 0 amide bonds. The first-order chi connectivity index (χ1) is 14.7. The number of nitrogens with zero attached hydrogens (tertiary/aromatic N) is 3. The van der Waals surface area contributed by atoms with Crippen LogP contribution in [0.4, 0.5) is 0 Å². The molecule has 0 saturated carbocycles. The second-order valence-electron chi connectivity index (χ2n) is 8.62. The van der Waals surface area contributed by atoms with Gasteiger partial charge in [0.15, 0.2) is 5.96 Å². The number of likely N-dealkylation sites (tertiary alicyclic amines) is 2. The molecule has 2 aliphatic rings. The Morgan fingerprint density at radius 2 is 1.87 bits per heavy atom. The molecule has 2 N–H and O–H groups in total. The molecule has 2 aliphatic heterocycles. The topological polar surface area (TPSA) is 52.1 Å². The quantitative estimate of drug-likeness (QED) is 0.479. The fourth-order valence-electron chi connectivity index (χ4n) is 4.82. The Morgan fingerprint density at radius 1 is 1.13 bits per heavy atom. The average Bonchev–Trinajstić information content (AvgIpc) is 3.32. The molecule has 0 spiro atoms. The van der Waals surface area contributed by atoms with E-state index in [0.717, 1.165) is 43.8 Å². The molecule has 2 heterocycles. The van der Waals surface area contributed by atoms with Crippen LogP contribution in [0.15, 0.2) is 29.3 Å². The fraction of sp³-hybridized carbons (Fsp3) is 0.708. The minimum atomic E-state index is 0.291. The largest absolute Gasteiger partial charge is 0.496 e. The number of guanidine groups is 1. The van der Waals surface area contributed by atoms with E-state index in [-0.39, 0.29) is 0 Å². The fourth-order valence-corrected chi connectivity index (χ4v) is 4.82. The lowest BCUT2D eigenvalue weighted by Gasteiger charge is -2.32. The number of hydrogen-bond acceptors (Lipinski definition) is 4. The molecule has 168 valence electrons. The zero-order valence-corrected chi connectivity index (χ0v) is 19.2. The van der Waals surface area contributed by atoms with Gasteiger partial charge in [-0.15, -0.1) is 0 Å². The summed E-state index contributed by atoms with van der Waals surface area (Å²) in [5.74, 6) is 2.61. The average molecular weight is 416 g/mol. The number of aliphatic imine (C=N–C) groups is 1. The van der Waals surface area contributed by atoms with Gasteiger partial charge in [0.05, 0.1) is 13.2 Å². The summed E-state index contributed by atoms with van der Waals surface area (Å²) in [6.07, 6.45) is 6.36. The van der Waals surface area contributed by atoms with Crippen LogP contribution >= 0.6 is 0 Å². The van der Waals surface area contributed by atoms with Crippen LogP contribution in [0.5, 0.6) is 5.75 Å². The molecule has 0 aliphatic carbocycles. The van der Waals surface area contributed by atoms with Gasteiger partial charge in [-0.1, -0.05) is 25.1 Å². The van der Waals surface area contributed by atoms with E-state index in [9.17, 15) is 0 Å². The summed E-state index contributed by atoms with van der Waals surface area (Å²) in [5.41, 5.74) is 1.26. The van der Waals surface area contributed by atoms with Crippen molar-refractivity contribution in [3.05, 3.63) is 29.8 Å². The summed E-state index contributed by atoms with van der Waals surface area (Å²) < 4.78 is 5.67. The van der Waals surface area contributed by atoms with Crippen LogP contribution < -0.4 is 15.4 Å². The lowest BCUT2D eigenvalue weighted by molar-refractivity contribution is 0.185. The molecule has 3 rings (SSSR count). The molecule has 0 radical (unpaired) electrons. The first-order valence-corrected chi connectivity index (χ1v) is 11.8.